The minimum absolute atomic E-state index is 0.133. The molecule has 1 atom stereocenters. The largest absolute Gasteiger partial charge is 0.394 e. The van der Waals surface area contributed by atoms with Gasteiger partial charge in [0.15, 0.2) is 9.84 Å². The van der Waals surface area contributed by atoms with Gasteiger partial charge in [0.05, 0.1) is 17.5 Å². The van der Waals surface area contributed by atoms with E-state index in [9.17, 15) is 13.2 Å². The van der Waals surface area contributed by atoms with Crippen LogP contribution in [0.3, 0.4) is 0 Å². The molecule has 0 aliphatic rings. The van der Waals surface area contributed by atoms with Gasteiger partial charge in [-0.3, -0.25) is 4.79 Å². The van der Waals surface area contributed by atoms with Crippen LogP contribution in [0.1, 0.15) is 13.3 Å². The molecule has 0 heterocycles. The summed E-state index contributed by atoms with van der Waals surface area (Å²) in [5, 5.41) is 12.3. The summed E-state index contributed by atoms with van der Waals surface area (Å²) in [6, 6.07) is 7.49. The van der Waals surface area contributed by atoms with Crippen molar-refractivity contribution in [3.63, 3.8) is 0 Å². The molecule has 0 saturated heterocycles. The van der Waals surface area contributed by atoms with E-state index in [2.05, 4.69) is 5.32 Å². The molecule has 6 heteroatoms. The predicted octanol–water partition coefficient (Wildman–Crippen LogP) is 0.861. The Morgan fingerprint density at radius 3 is 2.53 bits per heavy atom. The number of hydrogen-bond donors (Lipinski definition) is 2. The molecular weight excluding hydrogens is 266 g/mol. The number of amides is 1. The third kappa shape index (κ3) is 4.84. The fraction of sp³-hybridized carbons (Fsp3) is 0.308. The van der Waals surface area contributed by atoms with Crippen molar-refractivity contribution < 1.29 is 18.3 Å². The van der Waals surface area contributed by atoms with Crippen molar-refractivity contribution in [3.8, 4) is 0 Å². The number of carbonyl (C=O) groups excluding carboxylic acids is 1. The van der Waals surface area contributed by atoms with Gasteiger partial charge in [0, 0.05) is 11.5 Å². The van der Waals surface area contributed by atoms with Crippen molar-refractivity contribution in [3.05, 3.63) is 41.8 Å². The summed E-state index contributed by atoms with van der Waals surface area (Å²) in [6.45, 7) is 1.63. The molecule has 0 saturated carbocycles. The molecule has 0 aliphatic heterocycles. The van der Waals surface area contributed by atoms with Gasteiger partial charge in [-0.15, -0.1) is 0 Å². The summed E-state index contributed by atoms with van der Waals surface area (Å²) in [7, 11) is -3.61. The number of carbonyl (C=O) groups is 1. The molecule has 104 valence electrons. The molecule has 1 amide bonds. The summed E-state index contributed by atoms with van der Waals surface area (Å²) in [5.74, 6) is -0.541. The van der Waals surface area contributed by atoms with Crippen LogP contribution < -0.4 is 5.32 Å². The van der Waals surface area contributed by atoms with Crippen LogP contribution in [0, 0.1) is 0 Å². The van der Waals surface area contributed by atoms with E-state index in [-0.39, 0.29) is 17.5 Å². The molecule has 1 aromatic carbocycles. The van der Waals surface area contributed by atoms with Gasteiger partial charge in [0.2, 0.25) is 5.91 Å². The van der Waals surface area contributed by atoms with Crippen molar-refractivity contribution in [1.82, 2.24) is 5.32 Å². The molecule has 0 fully saturated rings. The first-order valence-corrected chi connectivity index (χ1v) is 7.43. The number of nitrogens with one attached hydrogen (secondary N) is 1. The van der Waals surface area contributed by atoms with E-state index in [1.807, 2.05) is 6.92 Å². The number of benzene rings is 1. The zero-order valence-corrected chi connectivity index (χ0v) is 11.4. The van der Waals surface area contributed by atoms with Crippen molar-refractivity contribution >= 4 is 15.7 Å². The lowest BCUT2D eigenvalue weighted by atomic mass is 10.2. The third-order valence-electron chi connectivity index (χ3n) is 2.53. The fourth-order valence-electron chi connectivity index (χ4n) is 1.37. The smallest absolute Gasteiger partial charge is 0.244 e. The highest BCUT2D eigenvalue weighted by molar-refractivity contribution is 7.94. The molecule has 1 rings (SSSR count). The lowest BCUT2D eigenvalue weighted by Crippen LogP contribution is -2.35. The van der Waals surface area contributed by atoms with Gasteiger partial charge < -0.3 is 10.4 Å². The molecular formula is C13H17NO4S. The van der Waals surface area contributed by atoms with Crippen molar-refractivity contribution in [2.45, 2.75) is 24.3 Å². The molecule has 1 aromatic rings. The van der Waals surface area contributed by atoms with Crippen LogP contribution in [-0.4, -0.2) is 32.1 Å². The second-order valence-electron chi connectivity index (χ2n) is 3.96. The Kier molecular flexibility index (Phi) is 5.72. The molecule has 5 nitrogen and oxygen atoms in total. The highest BCUT2D eigenvalue weighted by Gasteiger charge is 2.11. The highest BCUT2D eigenvalue weighted by Crippen LogP contribution is 2.10. The monoisotopic (exact) mass is 283 g/mol. The Bertz CT molecular complexity index is 533. The minimum atomic E-state index is -3.61. The second-order valence-corrected chi connectivity index (χ2v) is 5.79. The maximum atomic E-state index is 11.8. The molecule has 19 heavy (non-hydrogen) atoms. The van der Waals surface area contributed by atoms with E-state index in [4.69, 9.17) is 5.11 Å². The topological polar surface area (TPSA) is 83.5 Å². The maximum Gasteiger partial charge on any atom is 0.244 e. The second kappa shape index (κ2) is 7.06. The van der Waals surface area contributed by atoms with Crippen molar-refractivity contribution in [2.75, 3.05) is 6.61 Å². The van der Waals surface area contributed by atoms with Gasteiger partial charge >= 0.3 is 0 Å². The Morgan fingerprint density at radius 2 is 2.00 bits per heavy atom. The van der Waals surface area contributed by atoms with E-state index in [0.29, 0.717) is 6.42 Å². The minimum Gasteiger partial charge on any atom is -0.394 e. The van der Waals surface area contributed by atoms with Crippen LogP contribution in [0.4, 0.5) is 0 Å². The molecule has 0 bridgehead atoms. The Labute approximate surface area is 112 Å². The quantitative estimate of drug-likeness (QED) is 0.759. The van der Waals surface area contributed by atoms with Gasteiger partial charge in [-0.1, -0.05) is 25.1 Å². The third-order valence-corrected chi connectivity index (χ3v) is 3.95. The van der Waals surface area contributed by atoms with Crippen LogP contribution in [-0.2, 0) is 14.6 Å². The molecule has 0 aliphatic carbocycles. The van der Waals surface area contributed by atoms with E-state index in [1.54, 1.807) is 18.2 Å². The number of aliphatic hydroxyl groups is 1. The van der Waals surface area contributed by atoms with E-state index >= 15 is 0 Å². The highest BCUT2D eigenvalue weighted by atomic mass is 32.2. The molecule has 0 unspecified atom stereocenters. The maximum absolute atomic E-state index is 11.8. The first-order chi connectivity index (χ1) is 8.99. The Balaban J connectivity index is 2.73. The Hall–Kier alpha value is -1.66. The van der Waals surface area contributed by atoms with Crippen LogP contribution in [0.2, 0.25) is 0 Å². The number of rotatable bonds is 6. The standard InChI is InChI=1S/C13H17NO4S/c1-2-11(10-15)14-13(16)8-9-19(17,18)12-6-4-3-5-7-12/h3-9,11,15H,2,10H2,1H3,(H,14,16)/b9-8+/t11-/m0/s1. The van der Waals surface area contributed by atoms with E-state index < -0.39 is 15.7 Å². The summed E-state index contributed by atoms with van der Waals surface area (Å²) in [6.07, 6.45) is 1.53. The van der Waals surface area contributed by atoms with Gasteiger partial charge in [0.1, 0.15) is 0 Å². The number of sulfone groups is 1. The van der Waals surface area contributed by atoms with Crippen LogP contribution in [0.15, 0.2) is 46.7 Å². The van der Waals surface area contributed by atoms with Crippen LogP contribution in [0.25, 0.3) is 0 Å². The molecule has 0 radical (unpaired) electrons. The summed E-state index contributed by atoms with van der Waals surface area (Å²) < 4.78 is 23.7. The SMILES string of the molecule is CC[C@@H](CO)NC(=O)/C=C/S(=O)(=O)c1ccccc1. The average Bonchev–Trinajstić information content (AvgIpc) is 2.43. The van der Waals surface area contributed by atoms with Crippen LogP contribution in [0.5, 0.6) is 0 Å². The first-order valence-electron chi connectivity index (χ1n) is 5.89. The van der Waals surface area contributed by atoms with Crippen LogP contribution >= 0.6 is 0 Å². The molecule has 0 spiro atoms. The number of aliphatic hydroxyl groups excluding tert-OH is 1. The molecule has 2 N–H and O–H groups in total. The summed E-state index contributed by atoms with van der Waals surface area (Å²) in [5.41, 5.74) is 0. The predicted molar refractivity (Wildman–Crippen MR) is 72.1 cm³/mol. The summed E-state index contributed by atoms with van der Waals surface area (Å²) in [4.78, 5) is 11.6. The van der Waals surface area contributed by atoms with Gasteiger partial charge in [-0.2, -0.15) is 0 Å². The summed E-state index contributed by atoms with van der Waals surface area (Å²) >= 11 is 0. The Morgan fingerprint density at radius 1 is 1.37 bits per heavy atom. The zero-order chi connectivity index (χ0) is 14.3. The molecule has 0 aromatic heterocycles. The van der Waals surface area contributed by atoms with Crippen molar-refractivity contribution in [1.29, 1.82) is 0 Å². The lowest BCUT2D eigenvalue weighted by molar-refractivity contribution is -0.117. The fourth-order valence-corrected chi connectivity index (χ4v) is 2.36. The van der Waals surface area contributed by atoms with Gasteiger partial charge in [-0.25, -0.2) is 8.42 Å². The lowest BCUT2D eigenvalue weighted by Gasteiger charge is -2.11. The van der Waals surface area contributed by atoms with E-state index in [1.165, 1.54) is 12.1 Å². The zero-order valence-electron chi connectivity index (χ0n) is 10.6. The number of hydrogen-bond acceptors (Lipinski definition) is 4. The van der Waals surface area contributed by atoms with E-state index in [0.717, 1.165) is 11.5 Å². The average molecular weight is 283 g/mol. The first kappa shape index (κ1) is 15.4. The van der Waals surface area contributed by atoms with Crippen molar-refractivity contribution in [2.24, 2.45) is 0 Å². The normalized spacial score (nSPS) is 13.4. The van der Waals surface area contributed by atoms with Gasteiger partial charge in [-0.05, 0) is 18.6 Å². The van der Waals surface area contributed by atoms with Gasteiger partial charge in [0.25, 0.3) is 0 Å².